The van der Waals surface area contributed by atoms with Gasteiger partial charge in [0.05, 0.1) is 12.3 Å². The molecule has 2 aromatic rings. The summed E-state index contributed by atoms with van der Waals surface area (Å²) in [5.74, 6) is 0. The Kier molecular flexibility index (Phi) is 5.27. The first-order valence-electron chi connectivity index (χ1n) is 6.70. The molecule has 6 heteroatoms. The largest absolute Gasteiger partial charge is 0.387 e. The van der Waals surface area contributed by atoms with Crippen LogP contribution in [0.2, 0.25) is 10.0 Å². The van der Waals surface area contributed by atoms with E-state index in [9.17, 15) is 5.11 Å². The van der Waals surface area contributed by atoms with Crippen LogP contribution in [0.1, 0.15) is 30.2 Å². The minimum Gasteiger partial charge on any atom is -0.387 e. The number of rotatable bonds is 5. The normalized spacial score (nSPS) is 14.4. The highest BCUT2D eigenvalue weighted by molar-refractivity contribution is 6.35. The number of aromatic nitrogens is 2. The van der Waals surface area contributed by atoms with Gasteiger partial charge in [0, 0.05) is 47.0 Å². The van der Waals surface area contributed by atoms with Crippen LogP contribution < -0.4 is 0 Å². The first-order valence-corrected chi connectivity index (χ1v) is 7.46. The molecule has 21 heavy (non-hydrogen) atoms. The predicted octanol–water partition coefficient (Wildman–Crippen LogP) is 3.45. The van der Waals surface area contributed by atoms with E-state index >= 15 is 0 Å². The molecular formula is C15H19Cl2N3O. The quantitative estimate of drug-likeness (QED) is 0.914. The number of aliphatic hydroxyl groups is 1. The third kappa shape index (κ3) is 3.98. The zero-order chi connectivity index (χ0) is 15.6. The van der Waals surface area contributed by atoms with Crippen LogP contribution in [0.25, 0.3) is 0 Å². The van der Waals surface area contributed by atoms with E-state index in [1.54, 1.807) is 22.9 Å². The van der Waals surface area contributed by atoms with Gasteiger partial charge in [-0.05, 0) is 26.1 Å². The number of hydrogen-bond donors (Lipinski definition) is 1. The molecule has 0 aliphatic rings. The second kappa shape index (κ2) is 6.79. The number of nitrogens with zero attached hydrogens (tertiary/aromatic N) is 3. The molecule has 0 aliphatic carbocycles. The van der Waals surface area contributed by atoms with Gasteiger partial charge in [-0.2, -0.15) is 5.10 Å². The average molecular weight is 328 g/mol. The van der Waals surface area contributed by atoms with Gasteiger partial charge in [-0.25, -0.2) is 0 Å². The van der Waals surface area contributed by atoms with Gasteiger partial charge < -0.3 is 5.11 Å². The van der Waals surface area contributed by atoms with Gasteiger partial charge >= 0.3 is 0 Å². The maximum atomic E-state index is 10.4. The zero-order valence-corrected chi connectivity index (χ0v) is 13.8. The molecule has 2 unspecified atom stereocenters. The second-order valence-electron chi connectivity index (χ2n) is 5.24. The van der Waals surface area contributed by atoms with Crippen molar-refractivity contribution < 1.29 is 5.11 Å². The summed E-state index contributed by atoms with van der Waals surface area (Å²) < 4.78 is 1.77. The average Bonchev–Trinajstić information content (AvgIpc) is 2.84. The smallest absolute Gasteiger partial charge is 0.0931 e. The second-order valence-corrected chi connectivity index (χ2v) is 6.09. The Morgan fingerprint density at radius 1 is 1.38 bits per heavy atom. The van der Waals surface area contributed by atoms with Crippen LogP contribution in [0, 0.1) is 0 Å². The fourth-order valence-corrected chi connectivity index (χ4v) is 2.75. The maximum absolute atomic E-state index is 10.4. The van der Waals surface area contributed by atoms with Crippen molar-refractivity contribution in [2.75, 3.05) is 13.6 Å². The summed E-state index contributed by atoms with van der Waals surface area (Å²) in [5.41, 5.74) is 1.79. The maximum Gasteiger partial charge on any atom is 0.0931 e. The van der Waals surface area contributed by atoms with Gasteiger partial charge in [0.2, 0.25) is 0 Å². The lowest BCUT2D eigenvalue weighted by molar-refractivity contribution is 0.108. The molecule has 1 N–H and O–H groups in total. The summed E-state index contributed by atoms with van der Waals surface area (Å²) in [6, 6.07) is 5.29. The molecule has 2 rings (SSSR count). The Morgan fingerprint density at radius 3 is 2.67 bits per heavy atom. The number of likely N-dealkylation sites (N-methyl/N-ethyl adjacent to an activating group) is 1. The summed E-state index contributed by atoms with van der Waals surface area (Å²) >= 11 is 12.0. The van der Waals surface area contributed by atoms with Crippen LogP contribution in [-0.4, -0.2) is 33.4 Å². The molecule has 0 saturated carbocycles. The highest BCUT2D eigenvalue weighted by atomic mass is 35.5. The third-order valence-corrected chi connectivity index (χ3v) is 4.21. The fraction of sp³-hybridized carbons (Fsp3) is 0.400. The molecule has 0 amide bonds. The standard InChI is InChI=1S/C15H19Cl2N3O/c1-10(11-7-18-20(3)8-11)19(2)9-15(21)13-5-4-12(16)6-14(13)17/h4-8,10,15,21H,9H2,1-3H3. The van der Waals surface area contributed by atoms with E-state index < -0.39 is 6.10 Å². The van der Waals surface area contributed by atoms with E-state index in [4.69, 9.17) is 23.2 Å². The fourth-order valence-electron chi connectivity index (χ4n) is 2.21. The summed E-state index contributed by atoms with van der Waals surface area (Å²) in [4.78, 5) is 2.06. The van der Waals surface area contributed by atoms with Gasteiger partial charge in [0.1, 0.15) is 0 Å². The Labute approximate surface area is 134 Å². The van der Waals surface area contributed by atoms with Gasteiger partial charge in [-0.1, -0.05) is 29.3 Å². The van der Waals surface area contributed by atoms with E-state index in [2.05, 4.69) is 16.9 Å². The molecule has 1 aromatic heterocycles. The van der Waals surface area contributed by atoms with Crippen molar-refractivity contribution in [3.63, 3.8) is 0 Å². The number of hydrogen-bond acceptors (Lipinski definition) is 3. The molecule has 0 aliphatic heterocycles. The Morgan fingerprint density at radius 2 is 2.10 bits per heavy atom. The van der Waals surface area contributed by atoms with E-state index in [1.807, 2.05) is 26.5 Å². The molecule has 1 aromatic carbocycles. The van der Waals surface area contributed by atoms with Crippen LogP contribution in [0.4, 0.5) is 0 Å². The van der Waals surface area contributed by atoms with Crippen LogP contribution in [-0.2, 0) is 7.05 Å². The molecule has 1 heterocycles. The number of aliphatic hydroxyl groups excluding tert-OH is 1. The van der Waals surface area contributed by atoms with E-state index in [-0.39, 0.29) is 6.04 Å². The van der Waals surface area contributed by atoms with Crippen LogP contribution in [0.15, 0.2) is 30.6 Å². The molecule has 0 saturated heterocycles. The molecule has 0 spiro atoms. The first kappa shape index (κ1) is 16.3. The van der Waals surface area contributed by atoms with Crippen molar-refractivity contribution in [2.45, 2.75) is 19.1 Å². The molecule has 2 atom stereocenters. The van der Waals surface area contributed by atoms with Crippen molar-refractivity contribution in [1.82, 2.24) is 14.7 Å². The van der Waals surface area contributed by atoms with Crippen molar-refractivity contribution in [3.05, 3.63) is 51.8 Å². The monoisotopic (exact) mass is 327 g/mol. The minimum atomic E-state index is -0.668. The zero-order valence-electron chi connectivity index (χ0n) is 12.3. The lowest BCUT2D eigenvalue weighted by Crippen LogP contribution is -2.27. The van der Waals surface area contributed by atoms with Crippen LogP contribution >= 0.6 is 23.2 Å². The summed E-state index contributed by atoms with van der Waals surface area (Å²) in [6.45, 7) is 2.55. The third-order valence-electron chi connectivity index (χ3n) is 3.65. The number of aryl methyl sites for hydroxylation is 1. The Hall–Kier alpha value is -1.07. The predicted molar refractivity (Wildman–Crippen MR) is 85.7 cm³/mol. The highest BCUT2D eigenvalue weighted by Gasteiger charge is 2.19. The van der Waals surface area contributed by atoms with Crippen molar-refractivity contribution in [2.24, 2.45) is 7.05 Å². The number of halogens is 2. The topological polar surface area (TPSA) is 41.3 Å². The first-order chi connectivity index (χ1) is 9.88. The molecule has 4 nitrogen and oxygen atoms in total. The van der Waals surface area contributed by atoms with Crippen LogP contribution in [0.3, 0.4) is 0 Å². The minimum absolute atomic E-state index is 0.152. The molecule has 0 bridgehead atoms. The van der Waals surface area contributed by atoms with E-state index in [0.29, 0.717) is 22.2 Å². The molecular weight excluding hydrogens is 309 g/mol. The molecule has 114 valence electrons. The van der Waals surface area contributed by atoms with Crippen molar-refractivity contribution >= 4 is 23.2 Å². The Balaban J connectivity index is 2.06. The van der Waals surface area contributed by atoms with Gasteiger partial charge in [0.15, 0.2) is 0 Å². The van der Waals surface area contributed by atoms with E-state index in [0.717, 1.165) is 5.56 Å². The van der Waals surface area contributed by atoms with Gasteiger partial charge in [-0.3, -0.25) is 9.58 Å². The SMILES string of the molecule is CC(c1cnn(C)c1)N(C)CC(O)c1ccc(Cl)cc1Cl. The highest BCUT2D eigenvalue weighted by Crippen LogP contribution is 2.28. The summed E-state index contributed by atoms with van der Waals surface area (Å²) in [7, 11) is 3.85. The lowest BCUT2D eigenvalue weighted by Gasteiger charge is -2.26. The molecule has 0 fully saturated rings. The summed E-state index contributed by atoms with van der Waals surface area (Å²) in [5, 5.41) is 15.6. The van der Waals surface area contributed by atoms with Crippen molar-refractivity contribution in [1.29, 1.82) is 0 Å². The van der Waals surface area contributed by atoms with Gasteiger partial charge in [-0.15, -0.1) is 0 Å². The van der Waals surface area contributed by atoms with Gasteiger partial charge in [0.25, 0.3) is 0 Å². The summed E-state index contributed by atoms with van der Waals surface area (Å²) in [6.07, 6.45) is 3.14. The lowest BCUT2D eigenvalue weighted by atomic mass is 10.1. The van der Waals surface area contributed by atoms with Crippen LogP contribution in [0.5, 0.6) is 0 Å². The van der Waals surface area contributed by atoms with E-state index in [1.165, 1.54) is 0 Å². The van der Waals surface area contributed by atoms with Crippen molar-refractivity contribution in [3.8, 4) is 0 Å². The molecule has 0 radical (unpaired) electrons. The Bertz CT molecular complexity index is 615. The number of benzene rings is 1.